The van der Waals surface area contributed by atoms with Crippen molar-refractivity contribution in [2.45, 2.75) is 6.92 Å². The van der Waals surface area contributed by atoms with E-state index >= 15 is 0 Å². The second kappa shape index (κ2) is 3.38. The van der Waals surface area contributed by atoms with Gasteiger partial charge in [-0.2, -0.15) is 0 Å². The highest BCUT2D eigenvalue weighted by molar-refractivity contribution is 9.10. The quantitative estimate of drug-likeness (QED) is 0.863. The van der Waals surface area contributed by atoms with Gasteiger partial charge in [0.2, 0.25) is 0 Å². The van der Waals surface area contributed by atoms with Gasteiger partial charge < -0.3 is 9.67 Å². The molecule has 0 radical (unpaired) electrons. The van der Waals surface area contributed by atoms with Gasteiger partial charge in [-0.1, -0.05) is 0 Å². The minimum absolute atomic E-state index is 0.306. The van der Waals surface area contributed by atoms with E-state index in [1.165, 1.54) is 0 Å². The fourth-order valence-corrected chi connectivity index (χ4v) is 2.45. The number of carbonyl (C=O) groups is 1. The molecule has 3 nitrogen and oxygen atoms in total. The predicted molar refractivity (Wildman–Crippen MR) is 62.3 cm³/mol. The van der Waals surface area contributed by atoms with Gasteiger partial charge in [0.15, 0.2) is 0 Å². The van der Waals surface area contributed by atoms with E-state index < -0.39 is 5.97 Å². The average molecular weight is 268 g/mol. The highest BCUT2D eigenvalue weighted by Gasteiger charge is 2.11. The normalized spacial score (nSPS) is 10.9. The van der Waals surface area contributed by atoms with Gasteiger partial charge in [0.1, 0.15) is 0 Å². The van der Waals surface area contributed by atoms with E-state index in [0.29, 0.717) is 5.56 Å². The monoisotopic (exact) mass is 267 g/mol. The number of benzene rings is 1. The number of carboxylic acid groups (broad SMARTS) is 1. The first kappa shape index (κ1) is 10.2. The van der Waals surface area contributed by atoms with Crippen LogP contribution in [0.25, 0.3) is 10.9 Å². The summed E-state index contributed by atoms with van der Waals surface area (Å²) in [7, 11) is 1.96. The Morgan fingerprint density at radius 3 is 2.67 bits per heavy atom. The Hall–Kier alpha value is -1.29. The number of aromatic nitrogens is 1. The maximum atomic E-state index is 10.9. The van der Waals surface area contributed by atoms with Crippen molar-refractivity contribution in [2.24, 2.45) is 7.05 Å². The molecule has 0 amide bonds. The van der Waals surface area contributed by atoms with Gasteiger partial charge in [-0.05, 0) is 41.1 Å². The average Bonchev–Trinajstić information content (AvgIpc) is 2.42. The minimum atomic E-state index is -0.904. The fraction of sp³-hybridized carbons (Fsp3) is 0.182. The first-order valence-corrected chi connectivity index (χ1v) is 5.29. The Bertz CT molecular complexity index is 557. The van der Waals surface area contributed by atoms with Crippen molar-refractivity contribution in [1.29, 1.82) is 0 Å². The summed E-state index contributed by atoms with van der Waals surface area (Å²) in [5.41, 5.74) is 2.44. The van der Waals surface area contributed by atoms with Gasteiger partial charge in [-0.25, -0.2) is 4.79 Å². The number of aromatic carboxylic acids is 1. The number of aryl methyl sites for hydroxylation is 2. The Morgan fingerprint density at radius 2 is 2.07 bits per heavy atom. The molecule has 1 heterocycles. The molecule has 0 aliphatic rings. The Morgan fingerprint density at radius 1 is 1.40 bits per heavy atom. The minimum Gasteiger partial charge on any atom is -0.478 e. The number of hydrogen-bond donors (Lipinski definition) is 1. The van der Waals surface area contributed by atoms with E-state index in [-0.39, 0.29) is 0 Å². The third kappa shape index (κ3) is 1.55. The molecule has 0 spiro atoms. The third-order valence-corrected chi connectivity index (χ3v) is 3.17. The number of fused-ring (bicyclic) bond motifs is 1. The first-order chi connectivity index (χ1) is 7.00. The van der Waals surface area contributed by atoms with Crippen molar-refractivity contribution >= 4 is 32.8 Å². The lowest BCUT2D eigenvalue weighted by atomic mass is 10.1. The molecule has 0 aliphatic carbocycles. The maximum absolute atomic E-state index is 10.9. The highest BCUT2D eigenvalue weighted by atomic mass is 79.9. The molecule has 0 saturated carbocycles. The number of nitrogens with zero attached hydrogens (tertiary/aromatic N) is 1. The Kier molecular flexibility index (Phi) is 2.31. The summed E-state index contributed by atoms with van der Waals surface area (Å²) in [6.07, 6.45) is 0. The van der Waals surface area contributed by atoms with Gasteiger partial charge in [0.05, 0.1) is 11.1 Å². The smallest absolute Gasteiger partial charge is 0.335 e. The van der Waals surface area contributed by atoms with Crippen LogP contribution in [0.15, 0.2) is 22.7 Å². The standard InChI is InChI=1S/C11H10BrNO2/c1-6-3-7-4-8(11(14)15)5-9(12)10(7)13(6)2/h3-5H,1-2H3,(H,14,15). The zero-order valence-electron chi connectivity index (χ0n) is 8.41. The summed E-state index contributed by atoms with van der Waals surface area (Å²) in [5, 5.41) is 9.86. The SMILES string of the molecule is Cc1cc2cc(C(=O)O)cc(Br)c2n1C. The van der Waals surface area contributed by atoms with Crippen LogP contribution in [-0.4, -0.2) is 15.6 Å². The molecule has 0 bridgehead atoms. The van der Waals surface area contributed by atoms with Crippen LogP contribution in [0.5, 0.6) is 0 Å². The van der Waals surface area contributed by atoms with Crippen LogP contribution in [0.1, 0.15) is 16.1 Å². The largest absolute Gasteiger partial charge is 0.478 e. The van der Waals surface area contributed by atoms with Crippen molar-refractivity contribution < 1.29 is 9.90 Å². The molecule has 15 heavy (non-hydrogen) atoms. The Balaban J connectivity index is 2.84. The number of carboxylic acids is 1. The maximum Gasteiger partial charge on any atom is 0.335 e. The molecular formula is C11H10BrNO2. The molecule has 4 heteroatoms. The van der Waals surface area contributed by atoms with Crippen LogP contribution in [0.3, 0.4) is 0 Å². The molecule has 0 atom stereocenters. The number of rotatable bonds is 1. The van der Waals surface area contributed by atoms with Gasteiger partial charge in [-0.15, -0.1) is 0 Å². The van der Waals surface area contributed by atoms with Crippen LogP contribution in [0.4, 0.5) is 0 Å². The summed E-state index contributed by atoms with van der Waals surface area (Å²) in [5.74, 6) is -0.904. The lowest BCUT2D eigenvalue weighted by Crippen LogP contribution is -1.97. The zero-order chi connectivity index (χ0) is 11.2. The molecule has 2 aromatic rings. The summed E-state index contributed by atoms with van der Waals surface area (Å²) >= 11 is 3.40. The van der Waals surface area contributed by atoms with Crippen LogP contribution in [0.2, 0.25) is 0 Å². The van der Waals surface area contributed by atoms with E-state index in [1.54, 1.807) is 12.1 Å². The molecule has 1 N–H and O–H groups in total. The fourth-order valence-electron chi connectivity index (χ4n) is 1.71. The van der Waals surface area contributed by atoms with Gasteiger partial charge >= 0.3 is 5.97 Å². The van der Waals surface area contributed by atoms with E-state index in [0.717, 1.165) is 21.1 Å². The molecule has 0 fully saturated rings. The van der Waals surface area contributed by atoms with Gasteiger partial charge in [0.25, 0.3) is 0 Å². The van der Waals surface area contributed by atoms with Crippen molar-refractivity contribution in [3.63, 3.8) is 0 Å². The van der Waals surface area contributed by atoms with E-state index in [2.05, 4.69) is 15.9 Å². The first-order valence-electron chi connectivity index (χ1n) is 4.49. The molecule has 1 aromatic heterocycles. The van der Waals surface area contributed by atoms with Crippen LogP contribution >= 0.6 is 15.9 Å². The van der Waals surface area contributed by atoms with E-state index in [1.807, 2.05) is 24.6 Å². The summed E-state index contributed by atoms with van der Waals surface area (Å²) in [4.78, 5) is 10.9. The molecule has 78 valence electrons. The number of halogens is 1. The second-order valence-corrected chi connectivity index (χ2v) is 4.40. The van der Waals surface area contributed by atoms with Crippen LogP contribution in [-0.2, 0) is 7.05 Å². The Labute approximate surface area is 95.5 Å². The molecular weight excluding hydrogens is 258 g/mol. The molecule has 0 aliphatic heterocycles. The topological polar surface area (TPSA) is 42.2 Å². The zero-order valence-corrected chi connectivity index (χ0v) is 10.00. The van der Waals surface area contributed by atoms with Crippen molar-refractivity contribution in [3.8, 4) is 0 Å². The third-order valence-electron chi connectivity index (χ3n) is 2.57. The summed E-state index contributed by atoms with van der Waals surface area (Å²) in [6.45, 7) is 1.99. The molecule has 1 aromatic carbocycles. The lowest BCUT2D eigenvalue weighted by Gasteiger charge is -2.02. The predicted octanol–water partition coefficient (Wildman–Crippen LogP) is 2.95. The summed E-state index contributed by atoms with van der Waals surface area (Å²) in [6, 6.07) is 5.30. The molecule has 2 rings (SSSR count). The van der Waals surface area contributed by atoms with E-state index in [9.17, 15) is 4.79 Å². The highest BCUT2D eigenvalue weighted by Crippen LogP contribution is 2.28. The summed E-state index contributed by atoms with van der Waals surface area (Å²) < 4.78 is 2.85. The van der Waals surface area contributed by atoms with Crippen LogP contribution in [0, 0.1) is 6.92 Å². The van der Waals surface area contributed by atoms with Crippen molar-refractivity contribution in [3.05, 3.63) is 33.9 Å². The second-order valence-electron chi connectivity index (χ2n) is 3.55. The lowest BCUT2D eigenvalue weighted by molar-refractivity contribution is 0.0697. The van der Waals surface area contributed by atoms with Crippen LogP contribution < -0.4 is 0 Å². The van der Waals surface area contributed by atoms with Gasteiger partial charge in [0, 0.05) is 22.6 Å². The van der Waals surface area contributed by atoms with E-state index in [4.69, 9.17) is 5.11 Å². The molecule has 0 saturated heterocycles. The van der Waals surface area contributed by atoms with Gasteiger partial charge in [-0.3, -0.25) is 0 Å². The molecule has 0 unspecified atom stereocenters. The van der Waals surface area contributed by atoms with Crippen molar-refractivity contribution in [2.75, 3.05) is 0 Å². The number of hydrogen-bond acceptors (Lipinski definition) is 1. The van der Waals surface area contributed by atoms with Crippen molar-refractivity contribution in [1.82, 2.24) is 4.57 Å².